The number of hydrogen-bond donors (Lipinski definition) is 2. The Balaban J connectivity index is 1.96. The van der Waals surface area contributed by atoms with Gasteiger partial charge in [0.25, 0.3) is 5.91 Å². The Morgan fingerprint density at radius 2 is 1.90 bits per heavy atom. The van der Waals surface area contributed by atoms with Crippen molar-refractivity contribution in [1.82, 2.24) is 14.1 Å². The van der Waals surface area contributed by atoms with E-state index >= 15 is 0 Å². The Morgan fingerprint density at radius 3 is 2.48 bits per heavy atom. The van der Waals surface area contributed by atoms with Crippen molar-refractivity contribution in [2.45, 2.75) is 19.8 Å². The molecule has 2 aromatic heterocycles. The summed E-state index contributed by atoms with van der Waals surface area (Å²) in [5, 5.41) is 10.4. The summed E-state index contributed by atoms with van der Waals surface area (Å²) in [6, 6.07) is 7.49. The lowest BCUT2D eigenvalue weighted by Crippen LogP contribution is -2.24. The summed E-state index contributed by atoms with van der Waals surface area (Å²) < 4.78 is 42.8. The lowest BCUT2D eigenvalue weighted by atomic mass is 10.2. The minimum Gasteiger partial charge on any atom is -0.493 e. The van der Waals surface area contributed by atoms with Crippen LogP contribution in [0.4, 0.5) is 13.2 Å². The van der Waals surface area contributed by atoms with Gasteiger partial charge in [-0.25, -0.2) is 9.36 Å². The van der Waals surface area contributed by atoms with Crippen LogP contribution in [0.2, 0.25) is 0 Å². The molecule has 29 heavy (non-hydrogen) atoms. The topological polar surface area (TPSA) is 112 Å². The Bertz CT molecular complexity index is 1120. The molecular weight excluding hydrogens is 393 g/mol. The predicted molar refractivity (Wildman–Crippen MR) is 95.0 cm³/mol. The molecule has 0 radical (unpaired) electrons. The number of carbonyl (C=O) groups excluding carboxylic acids is 1. The fourth-order valence-corrected chi connectivity index (χ4v) is 2.74. The summed E-state index contributed by atoms with van der Waals surface area (Å²) in [7, 11) is 0. The van der Waals surface area contributed by atoms with Crippen molar-refractivity contribution in [3.63, 3.8) is 0 Å². The quantitative estimate of drug-likeness (QED) is 0.671. The lowest BCUT2D eigenvalue weighted by Gasteiger charge is -2.09. The third-order valence-electron chi connectivity index (χ3n) is 4.11. The monoisotopic (exact) mass is 408 g/mol. The molecule has 152 valence electrons. The van der Waals surface area contributed by atoms with Crippen molar-refractivity contribution in [2.24, 2.45) is 5.73 Å². The second kappa shape index (κ2) is 7.34. The molecule has 2 heterocycles. The smallest absolute Gasteiger partial charge is 0.493 e. The van der Waals surface area contributed by atoms with E-state index in [0.717, 1.165) is 16.7 Å². The SMILES string of the molecule is Cc1c(O)n(-c2ccc(OC(F)(F)F)cc2)c(=O)n1Cc1ccnc(C(N)=O)c1. The number of halogens is 3. The highest BCUT2D eigenvalue weighted by atomic mass is 19.4. The zero-order chi connectivity index (χ0) is 21.3. The normalized spacial score (nSPS) is 11.4. The molecule has 0 atom stereocenters. The van der Waals surface area contributed by atoms with Gasteiger partial charge >= 0.3 is 12.1 Å². The number of nitrogens with two attached hydrogens (primary N) is 1. The van der Waals surface area contributed by atoms with E-state index in [2.05, 4.69) is 9.72 Å². The highest BCUT2D eigenvalue weighted by Gasteiger charge is 2.31. The number of hydrogen-bond acceptors (Lipinski definition) is 5. The minimum absolute atomic E-state index is 0.0172. The van der Waals surface area contributed by atoms with Crippen molar-refractivity contribution in [3.8, 4) is 17.3 Å². The molecule has 3 rings (SSSR count). The number of alkyl halides is 3. The molecule has 3 aromatic rings. The van der Waals surface area contributed by atoms with Gasteiger partial charge in [0.05, 0.1) is 17.9 Å². The molecule has 8 nitrogen and oxygen atoms in total. The third-order valence-corrected chi connectivity index (χ3v) is 4.11. The van der Waals surface area contributed by atoms with Crippen molar-refractivity contribution in [3.05, 3.63) is 70.0 Å². The number of amides is 1. The highest BCUT2D eigenvalue weighted by molar-refractivity contribution is 5.90. The van der Waals surface area contributed by atoms with Crippen LogP contribution in [0.3, 0.4) is 0 Å². The molecule has 3 N–H and O–H groups in total. The number of imidazole rings is 1. The number of benzene rings is 1. The molecule has 0 aliphatic rings. The second-order valence-electron chi connectivity index (χ2n) is 6.07. The first-order chi connectivity index (χ1) is 13.6. The number of aromatic hydroxyl groups is 1. The summed E-state index contributed by atoms with van der Waals surface area (Å²) in [4.78, 5) is 27.9. The Kier molecular flexibility index (Phi) is 5.06. The van der Waals surface area contributed by atoms with Gasteiger partial charge in [0.2, 0.25) is 5.88 Å². The van der Waals surface area contributed by atoms with Crippen LogP contribution in [0, 0.1) is 6.92 Å². The molecule has 1 amide bonds. The maximum atomic E-state index is 12.8. The minimum atomic E-state index is -4.84. The van der Waals surface area contributed by atoms with Crippen molar-refractivity contribution in [2.75, 3.05) is 0 Å². The summed E-state index contributed by atoms with van der Waals surface area (Å²) in [5.41, 5.74) is 5.52. The van der Waals surface area contributed by atoms with Crippen molar-refractivity contribution in [1.29, 1.82) is 0 Å². The molecular formula is C18H15F3N4O4. The summed E-state index contributed by atoms with van der Waals surface area (Å²) in [5.74, 6) is -1.55. The number of rotatable bonds is 5. The van der Waals surface area contributed by atoms with Crippen LogP contribution in [0.1, 0.15) is 21.7 Å². The van der Waals surface area contributed by atoms with E-state index in [-0.39, 0.29) is 29.5 Å². The molecule has 11 heteroatoms. The fourth-order valence-electron chi connectivity index (χ4n) is 2.74. The molecule has 0 saturated carbocycles. The first kappa shape index (κ1) is 20.0. The van der Waals surface area contributed by atoms with Crippen LogP contribution in [-0.2, 0) is 6.54 Å². The van der Waals surface area contributed by atoms with E-state index < -0.39 is 23.7 Å². The van der Waals surface area contributed by atoms with E-state index in [1.807, 2.05) is 0 Å². The molecule has 0 aliphatic carbocycles. The number of aromatic nitrogens is 3. The molecule has 1 aromatic carbocycles. The van der Waals surface area contributed by atoms with Gasteiger partial charge in [-0.1, -0.05) is 0 Å². The summed E-state index contributed by atoms with van der Waals surface area (Å²) >= 11 is 0. The van der Waals surface area contributed by atoms with Crippen LogP contribution < -0.4 is 16.2 Å². The van der Waals surface area contributed by atoms with Crippen LogP contribution >= 0.6 is 0 Å². The Hall–Kier alpha value is -3.76. The Morgan fingerprint density at radius 1 is 1.24 bits per heavy atom. The second-order valence-corrected chi connectivity index (χ2v) is 6.07. The lowest BCUT2D eigenvalue weighted by molar-refractivity contribution is -0.274. The van der Waals surface area contributed by atoms with Gasteiger partial charge < -0.3 is 15.6 Å². The van der Waals surface area contributed by atoms with Gasteiger partial charge in [0, 0.05) is 6.20 Å². The zero-order valence-corrected chi connectivity index (χ0v) is 15.0. The van der Waals surface area contributed by atoms with Gasteiger partial charge in [0.15, 0.2) is 0 Å². The molecule has 0 fully saturated rings. The van der Waals surface area contributed by atoms with Crippen LogP contribution in [0.5, 0.6) is 11.6 Å². The predicted octanol–water partition coefficient (Wildman–Crippen LogP) is 2.09. The van der Waals surface area contributed by atoms with Crippen LogP contribution in [0.15, 0.2) is 47.4 Å². The highest BCUT2D eigenvalue weighted by Crippen LogP contribution is 2.25. The Labute approximate surface area is 161 Å². The molecule has 0 spiro atoms. The summed E-state index contributed by atoms with van der Waals surface area (Å²) in [6.45, 7) is 1.52. The van der Waals surface area contributed by atoms with E-state index in [4.69, 9.17) is 5.73 Å². The van der Waals surface area contributed by atoms with E-state index in [1.54, 1.807) is 6.07 Å². The fraction of sp³-hybridized carbons (Fsp3) is 0.167. The average Bonchev–Trinajstić information content (AvgIpc) is 2.85. The maximum Gasteiger partial charge on any atom is 0.573 e. The first-order valence-electron chi connectivity index (χ1n) is 8.19. The van der Waals surface area contributed by atoms with Gasteiger partial charge in [0.1, 0.15) is 11.4 Å². The number of pyridine rings is 1. The van der Waals surface area contributed by atoms with Crippen molar-refractivity contribution >= 4 is 5.91 Å². The summed E-state index contributed by atoms with van der Waals surface area (Å²) in [6.07, 6.45) is -3.47. The first-order valence-corrected chi connectivity index (χ1v) is 8.19. The van der Waals surface area contributed by atoms with Gasteiger partial charge in [-0.3, -0.25) is 14.3 Å². The largest absolute Gasteiger partial charge is 0.573 e. The van der Waals surface area contributed by atoms with Crippen LogP contribution in [0.25, 0.3) is 5.69 Å². The number of carbonyl (C=O) groups is 1. The molecule has 0 aliphatic heterocycles. The number of primary amides is 1. The molecule has 0 unspecified atom stereocenters. The van der Waals surface area contributed by atoms with E-state index in [0.29, 0.717) is 5.56 Å². The number of nitrogens with zero attached hydrogens (tertiary/aromatic N) is 3. The van der Waals surface area contributed by atoms with Gasteiger partial charge in [-0.2, -0.15) is 0 Å². The maximum absolute atomic E-state index is 12.8. The standard InChI is InChI=1S/C18H15F3N4O4/c1-10-16(27)25(12-2-4-13(5-3-12)29-18(19,20)21)17(28)24(10)9-11-6-7-23-14(8-11)15(22)26/h2-8,27H,9H2,1H3,(H2,22,26). The van der Waals surface area contributed by atoms with E-state index in [1.165, 1.54) is 35.9 Å². The zero-order valence-electron chi connectivity index (χ0n) is 15.0. The average molecular weight is 408 g/mol. The molecule has 0 saturated heterocycles. The molecule has 0 bridgehead atoms. The van der Waals surface area contributed by atoms with Gasteiger partial charge in [-0.05, 0) is 48.9 Å². The van der Waals surface area contributed by atoms with E-state index in [9.17, 15) is 27.9 Å². The third kappa shape index (κ3) is 4.23. The van der Waals surface area contributed by atoms with Gasteiger partial charge in [-0.15, -0.1) is 13.2 Å². The van der Waals surface area contributed by atoms with Crippen molar-refractivity contribution < 1.29 is 27.8 Å². The number of ether oxygens (including phenoxy) is 1. The van der Waals surface area contributed by atoms with Crippen LogP contribution in [-0.4, -0.2) is 31.5 Å².